The standard InChI is InChI=1S/C22H29FN2O3/c1-2-5-22(27)28-16-21(26)15-25(19-9-10-19)14-20-8-4-11-24(20)13-17-6-3-7-18(23)12-17/h3-4,6-8,11-12,19,21,26H,2,5,9-10,13-16H2,1H3/t21-/m0/s1. The van der Waals surface area contributed by atoms with E-state index in [0.29, 0.717) is 32.1 Å². The van der Waals surface area contributed by atoms with E-state index in [1.807, 2.05) is 25.3 Å². The summed E-state index contributed by atoms with van der Waals surface area (Å²) in [5, 5.41) is 10.3. The van der Waals surface area contributed by atoms with E-state index >= 15 is 0 Å². The molecule has 0 spiro atoms. The van der Waals surface area contributed by atoms with Crippen molar-refractivity contribution in [2.75, 3.05) is 13.2 Å². The molecular weight excluding hydrogens is 359 g/mol. The Balaban J connectivity index is 1.58. The van der Waals surface area contributed by atoms with Crippen molar-refractivity contribution in [3.05, 3.63) is 59.7 Å². The third-order valence-corrected chi connectivity index (χ3v) is 4.93. The number of esters is 1. The van der Waals surface area contributed by atoms with Crippen molar-refractivity contribution in [2.24, 2.45) is 0 Å². The monoisotopic (exact) mass is 388 g/mol. The summed E-state index contributed by atoms with van der Waals surface area (Å²) in [5.41, 5.74) is 2.03. The Morgan fingerprint density at radius 2 is 2.18 bits per heavy atom. The number of ether oxygens (including phenoxy) is 1. The van der Waals surface area contributed by atoms with E-state index in [1.165, 1.54) is 6.07 Å². The smallest absolute Gasteiger partial charge is 0.305 e. The second kappa shape index (κ2) is 9.85. The normalized spacial score (nSPS) is 15.0. The SMILES string of the molecule is CCCC(=O)OC[C@@H](O)CN(Cc1cccn1Cc1cccc(F)c1)C1CC1. The second-order valence-electron chi connectivity index (χ2n) is 7.50. The summed E-state index contributed by atoms with van der Waals surface area (Å²) in [6.07, 6.45) is 4.65. The quantitative estimate of drug-likeness (QED) is 0.600. The highest BCUT2D eigenvalue weighted by atomic mass is 19.1. The fourth-order valence-electron chi connectivity index (χ4n) is 3.36. The van der Waals surface area contributed by atoms with Gasteiger partial charge in [-0.25, -0.2) is 4.39 Å². The van der Waals surface area contributed by atoms with Gasteiger partial charge in [-0.05, 0) is 49.1 Å². The Morgan fingerprint density at radius 1 is 1.36 bits per heavy atom. The lowest BCUT2D eigenvalue weighted by Crippen LogP contribution is -2.37. The maximum atomic E-state index is 13.5. The van der Waals surface area contributed by atoms with Gasteiger partial charge in [0.25, 0.3) is 0 Å². The highest BCUT2D eigenvalue weighted by Gasteiger charge is 2.31. The summed E-state index contributed by atoms with van der Waals surface area (Å²) in [7, 11) is 0. The van der Waals surface area contributed by atoms with Gasteiger partial charge in [-0.2, -0.15) is 0 Å². The third-order valence-electron chi connectivity index (χ3n) is 4.93. The summed E-state index contributed by atoms with van der Waals surface area (Å²) >= 11 is 0. The minimum absolute atomic E-state index is 0.0341. The van der Waals surface area contributed by atoms with Crippen LogP contribution in [0.2, 0.25) is 0 Å². The van der Waals surface area contributed by atoms with Crippen LogP contribution < -0.4 is 0 Å². The summed E-state index contributed by atoms with van der Waals surface area (Å²) < 4.78 is 20.7. The number of benzene rings is 1. The zero-order chi connectivity index (χ0) is 19.9. The number of aliphatic hydroxyl groups excluding tert-OH is 1. The van der Waals surface area contributed by atoms with Crippen LogP contribution in [0.15, 0.2) is 42.6 Å². The van der Waals surface area contributed by atoms with Crippen LogP contribution in [-0.4, -0.2) is 45.8 Å². The van der Waals surface area contributed by atoms with Gasteiger partial charge in [0, 0.05) is 44.0 Å². The van der Waals surface area contributed by atoms with Crippen LogP contribution in [0.25, 0.3) is 0 Å². The van der Waals surface area contributed by atoms with E-state index in [-0.39, 0.29) is 18.4 Å². The molecule has 0 saturated heterocycles. The molecule has 152 valence electrons. The van der Waals surface area contributed by atoms with Gasteiger partial charge in [-0.3, -0.25) is 9.69 Å². The van der Waals surface area contributed by atoms with Gasteiger partial charge in [0.1, 0.15) is 18.5 Å². The topological polar surface area (TPSA) is 54.7 Å². The molecule has 1 aliphatic carbocycles. The maximum absolute atomic E-state index is 13.5. The number of hydrogen-bond acceptors (Lipinski definition) is 4. The molecule has 1 aromatic heterocycles. The first kappa shape index (κ1) is 20.6. The number of rotatable bonds is 11. The largest absolute Gasteiger partial charge is 0.463 e. The van der Waals surface area contributed by atoms with E-state index in [4.69, 9.17) is 4.74 Å². The van der Waals surface area contributed by atoms with Gasteiger partial charge in [-0.15, -0.1) is 0 Å². The van der Waals surface area contributed by atoms with E-state index in [9.17, 15) is 14.3 Å². The highest BCUT2D eigenvalue weighted by molar-refractivity contribution is 5.69. The fourth-order valence-corrected chi connectivity index (χ4v) is 3.36. The molecule has 1 atom stereocenters. The minimum atomic E-state index is -0.701. The maximum Gasteiger partial charge on any atom is 0.305 e. The summed E-state index contributed by atoms with van der Waals surface area (Å²) in [4.78, 5) is 13.7. The Labute approximate surface area is 165 Å². The molecule has 3 rings (SSSR count). The summed E-state index contributed by atoms with van der Waals surface area (Å²) in [6.45, 7) is 3.73. The zero-order valence-electron chi connectivity index (χ0n) is 16.4. The van der Waals surface area contributed by atoms with Gasteiger partial charge in [0.15, 0.2) is 0 Å². The zero-order valence-corrected chi connectivity index (χ0v) is 16.4. The van der Waals surface area contributed by atoms with Crippen LogP contribution in [0.1, 0.15) is 43.9 Å². The molecule has 0 amide bonds. The Hall–Kier alpha value is -2.18. The lowest BCUT2D eigenvalue weighted by atomic mass is 10.2. The molecule has 0 bridgehead atoms. The average molecular weight is 388 g/mol. The van der Waals surface area contributed by atoms with Crippen LogP contribution in [0.3, 0.4) is 0 Å². The van der Waals surface area contributed by atoms with Gasteiger partial charge in [-0.1, -0.05) is 19.1 Å². The van der Waals surface area contributed by atoms with E-state index in [2.05, 4.69) is 15.5 Å². The second-order valence-corrected chi connectivity index (χ2v) is 7.50. The molecule has 1 fully saturated rings. The average Bonchev–Trinajstić information content (AvgIpc) is 3.42. The Kier molecular flexibility index (Phi) is 7.23. The molecule has 0 radical (unpaired) electrons. The van der Waals surface area contributed by atoms with Crippen molar-refractivity contribution in [3.8, 4) is 0 Å². The molecule has 1 aliphatic rings. The van der Waals surface area contributed by atoms with Crippen LogP contribution in [-0.2, 0) is 22.6 Å². The molecule has 0 unspecified atom stereocenters. The van der Waals surface area contributed by atoms with Crippen molar-refractivity contribution in [3.63, 3.8) is 0 Å². The van der Waals surface area contributed by atoms with Gasteiger partial charge >= 0.3 is 5.97 Å². The van der Waals surface area contributed by atoms with Gasteiger partial charge < -0.3 is 14.4 Å². The predicted molar refractivity (Wildman–Crippen MR) is 105 cm³/mol. The molecule has 2 aromatic rings. The Morgan fingerprint density at radius 3 is 2.89 bits per heavy atom. The number of carbonyl (C=O) groups excluding carboxylic acids is 1. The molecule has 1 N–H and O–H groups in total. The molecule has 1 saturated carbocycles. The minimum Gasteiger partial charge on any atom is -0.463 e. The summed E-state index contributed by atoms with van der Waals surface area (Å²) in [5.74, 6) is -0.491. The van der Waals surface area contributed by atoms with Crippen LogP contribution in [0, 0.1) is 5.82 Å². The molecule has 1 heterocycles. The first-order valence-corrected chi connectivity index (χ1v) is 10.0. The lowest BCUT2D eigenvalue weighted by molar-refractivity contribution is -0.147. The number of nitrogens with zero attached hydrogens (tertiary/aromatic N) is 2. The number of aliphatic hydroxyl groups is 1. The molecule has 5 nitrogen and oxygen atoms in total. The molecule has 1 aromatic carbocycles. The first-order valence-electron chi connectivity index (χ1n) is 10.0. The number of halogens is 1. The van der Waals surface area contributed by atoms with Crippen molar-refractivity contribution in [2.45, 2.75) is 57.8 Å². The molecule has 6 heteroatoms. The molecule has 0 aliphatic heterocycles. The lowest BCUT2D eigenvalue weighted by Gasteiger charge is -2.25. The highest BCUT2D eigenvalue weighted by Crippen LogP contribution is 2.28. The third kappa shape index (κ3) is 6.17. The van der Waals surface area contributed by atoms with Gasteiger partial charge in [0.2, 0.25) is 0 Å². The van der Waals surface area contributed by atoms with E-state index in [1.54, 1.807) is 12.1 Å². The Bertz CT molecular complexity index is 773. The van der Waals surface area contributed by atoms with Crippen molar-refractivity contribution >= 4 is 5.97 Å². The van der Waals surface area contributed by atoms with Gasteiger partial charge in [0.05, 0.1) is 0 Å². The predicted octanol–water partition coefficient (Wildman–Crippen LogP) is 3.34. The molecule has 28 heavy (non-hydrogen) atoms. The fraction of sp³-hybridized carbons (Fsp3) is 0.500. The number of aromatic nitrogens is 1. The van der Waals surface area contributed by atoms with Crippen molar-refractivity contribution < 1.29 is 19.0 Å². The van der Waals surface area contributed by atoms with Crippen molar-refractivity contribution in [1.29, 1.82) is 0 Å². The number of carbonyl (C=O) groups is 1. The van der Waals surface area contributed by atoms with Crippen LogP contribution in [0.5, 0.6) is 0 Å². The van der Waals surface area contributed by atoms with E-state index < -0.39 is 6.10 Å². The van der Waals surface area contributed by atoms with Crippen molar-refractivity contribution in [1.82, 2.24) is 9.47 Å². The van der Waals surface area contributed by atoms with Crippen LogP contribution in [0.4, 0.5) is 4.39 Å². The first-order chi connectivity index (χ1) is 13.5. The van der Waals surface area contributed by atoms with Crippen LogP contribution >= 0.6 is 0 Å². The summed E-state index contributed by atoms with van der Waals surface area (Å²) in [6, 6.07) is 11.1. The molecular formula is C22H29FN2O3. The van der Waals surface area contributed by atoms with E-state index in [0.717, 1.165) is 30.5 Å². The number of hydrogen-bond donors (Lipinski definition) is 1.